The lowest BCUT2D eigenvalue weighted by Gasteiger charge is -2.02. The van der Waals surface area contributed by atoms with Gasteiger partial charge in [-0.1, -0.05) is 48.8 Å². The number of aromatic nitrogens is 1. The molecule has 2 rings (SSSR count). The van der Waals surface area contributed by atoms with E-state index in [9.17, 15) is 0 Å². The second-order valence-corrected chi connectivity index (χ2v) is 4.72. The van der Waals surface area contributed by atoms with Gasteiger partial charge in [-0.25, -0.2) is 0 Å². The molecule has 0 bridgehead atoms. The zero-order valence-corrected chi connectivity index (χ0v) is 12.5. The smallest absolute Gasteiger partial charge is 0.0393 e. The maximum Gasteiger partial charge on any atom is 0.0393 e. The molecule has 0 aliphatic carbocycles. The summed E-state index contributed by atoms with van der Waals surface area (Å²) in [5, 5.41) is 5.11. The van der Waals surface area contributed by atoms with E-state index >= 15 is 0 Å². The molecular formula is C19H20N2. The van der Waals surface area contributed by atoms with Crippen LogP contribution in [0.3, 0.4) is 0 Å². The molecule has 0 fully saturated rings. The van der Waals surface area contributed by atoms with Gasteiger partial charge in [0.05, 0.1) is 0 Å². The first-order valence-corrected chi connectivity index (χ1v) is 7.00. The first-order chi connectivity index (χ1) is 10.3. The Morgan fingerprint density at radius 1 is 1.33 bits per heavy atom. The van der Waals surface area contributed by atoms with Gasteiger partial charge in [-0.15, -0.1) is 0 Å². The third-order valence-electron chi connectivity index (χ3n) is 3.17. The van der Waals surface area contributed by atoms with Gasteiger partial charge in [-0.05, 0) is 31.7 Å². The Kier molecular flexibility index (Phi) is 5.20. The molecule has 106 valence electrons. The van der Waals surface area contributed by atoms with E-state index in [4.69, 9.17) is 0 Å². The average Bonchev–Trinajstić information content (AvgIpc) is 2.91. The van der Waals surface area contributed by atoms with Crippen LogP contribution in [-0.2, 0) is 6.54 Å². The lowest BCUT2D eigenvalue weighted by molar-refractivity contribution is 0.816. The van der Waals surface area contributed by atoms with Crippen molar-refractivity contribution in [1.82, 2.24) is 10.3 Å². The summed E-state index contributed by atoms with van der Waals surface area (Å²) in [4.78, 5) is 3.09. The molecule has 0 saturated carbocycles. The van der Waals surface area contributed by atoms with Crippen LogP contribution in [0.5, 0.6) is 0 Å². The normalized spacial score (nSPS) is 12.1. The molecule has 0 amide bonds. The molecule has 1 aromatic heterocycles. The molecule has 2 N–H and O–H groups in total. The molecule has 0 atom stereocenters. The van der Waals surface area contributed by atoms with Crippen LogP contribution >= 0.6 is 0 Å². The molecule has 0 spiro atoms. The minimum absolute atomic E-state index is 0.814. The topological polar surface area (TPSA) is 27.8 Å². The molecule has 1 heterocycles. The number of hydrogen-bond acceptors (Lipinski definition) is 1. The van der Waals surface area contributed by atoms with Crippen molar-refractivity contribution >= 4 is 12.2 Å². The van der Waals surface area contributed by atoms with Crippen molar-refractivity contribution in [2.75, 3.05) is 7.05 Å². The van der Waals surface area contributed by atoms with Crippen molar-refractivity contribution in [2.45, 2.75) is 13.5 Å². The summed E-state index contributed by atoms with van der Waals surface area (Å²) in [7, 11) is 1.94. The first-order valence-electron chi connectivity index (χ1n) is 7.00. The van der Waals surface area contributed by atoms with Crippen LogP contribution < -0.4 is 15.9 Å². The SMILES string of the molecule is C=c1[nH]cc/c1=C(C#Cc1ccccc1CNC)/C=C\C. The van der Waals surface area contributed by atoms with Crippen LogP contribution in [-0.4, -0.2) is 12.0 Å². The Balaban J connectivity index is 2.51. The summed E-state index contributed by atoms with van der Waals surface area (Å²) in [6.07, 6.45) is 5.90. The zero-order valence-electron chi connectivity index (χ0n) is 12.5. The van der Waals surface area contributed by atoms with Crippen molar-refractivity contribution < 1.29 is 0 Å². The maximum absolute atomic E-state index is 4.00. The maximum atomic E-state index is 4.00. The highest BCUT2D eigenvalue weighted by atomic mass is 14.8. The minimum atomic E-state index is 0.814. The third kappa shape index (κ3) is 3.75. The fraction of sp³-hybridized carbons (Fsp3) is 0.158. The first kappa shape index (κ1) is 14.9. The fourth-order valence-electron chi connectivity index (χ4n) is 2.14. The summed E-state index contributed by atoms with van der Waals surface area (Å²) in [5.41, 5.74) is 3.23. The van der Waals surface area contributed by atoms with Gasteiger partial charge in [0.2, 0.25) is 0 Å². The number of H-pyrrole nitrogens is 1. The molecule has 2 aromatic rings. The van der Waals surface area contributed by atoms with E-state index in [0.717, 1.165) is 28.2 Å². The monoisotopic (exact) mass is 276 g/mol. The Labute approximate surface area is 125 Å². The molecule has 2 nitrogen and oxygen atoms in total. The highest BCUT2D eigenvalue weighted by Gasteiger charge is 1.97. The van der Waals surface area contributed by atoms with Gasteiger partial charge < -0.3 is 10.3 Å². The van der Waals surface area contributed by atoms with E-state index in [2.05, 4.69) is 40.9 Å². The quantitative estimate of drug-likeness (QED) is 0.824. The van der Waals surface area contributed by atoms with Gasteiger partial charge in [-0.3, -0.25) is 0 Å². The summed E-state index contributed by atoms with van der Waals surface area (Å²) in [6.45, 7) is 6.80. The Morgan fingerprint density at radius 3 is 2.81 bits per heavy atom. The average molecular weight is 276 g/mol. The van der Waals surface area contributed by atoms with Gasteiger partial charge >= 0.3 is 0 Å². The summed E-state index contributed by atoms with van der Waals surface area (Å²) < 4.78 is 0. The zero-order chi connectivity index (χ0) is 15.1. The van der Waals surface area contributed by atoms with Crippen LogP contribution in [0.15, 0.2) is 48.7 Å². The molecule has 0 saturated heterocycles. The third-order valence-corrected chi connectivity index (χ3v) is 3.17. The Bertz CT molecular complexity index is 798. The second-order valence-electron chi connectivity index (χ2n) is 4.72. The van der Waals surface area contributed by atoms with Crippen LogP contribution in [0.1, 0.15) is 18.1 Å². The summed E-state index contributed by atoms with van der Waals surface area (Å²) in [5.74, 6) is 6.55. The van der Waals surface area contributed by atoms with E-state index in [1.165, 1.54) is 5.56 Å². The Hall–Kier alpha value is -2.50. The molecule has 0 unspecified atom stereocenters. The van der Waals surface area contributed by atoms with E-state index < -0.39 is 0 Å². The number of aromatic amines is 1. The predicted molar refractivity (Wildman–Crippen MR) is 89.9 cm³/mol. The van der Waals surface area contributed by atoms with Crippen LogP contribution in [0, 0.1) is 11.8 Å². The molecule has 0 aliphatic rings. The summed E-state index contributed by atoms with van der Waals surface area (Å²) >= 11 is 0. The van der Waals surface area contributed by atoms with Crippen LogP contribution in [0.4, 0.5) is 0 Å². The van der Waals surface area contributed by atoms with E-state index in [1.54, 1.807) is 0 Å². The lowest BCUT2D eigenvalue weighted by atomic mass is 10.1. The number of hydrogen-bond donors (Lipinski definition) is 2. The lowest BCUT2D eigenvalue weighted by Crippen LogP contribution is -2.22. The highest BCUT2D eigenvalue weighted by Crippen LogP contribution is 2.07. The van der Waals surface area contributed by atoms with Gasteiger partial charge in [-0.2, -0.15) is 0 Å². The summed E-state index contributed by atoms with van der Waals surface area (Å²) in [6, 6.07) is 10.2. The minimum Gasteiger partial charge on any atom is -0.362 e. The van der Waals surface area contributed by atoms with Crippen LogP contribution in [0.25, 0.3) is 12.2 Å². The highest BCUT2D eigenvalue weighted by molar-refractivity contribution is 5.73. The van der Waals surface area contributed by atoms with E-state index in [1.807, 2.05) is 50.5 Å². The Morgan fingerprint density at radius 2 is 2.14 bits per heavy atom. The van der Waals surface area contributed by atoms with Crippen molar-refractivity contribution in [2.24, 2.45) is 0 Å². The number of allylic oxidation sites excluding steroid dienone is 2. The van der Waals surface area contributed by atoms with Crippen molar-refractivity contribution in [3.05, 3.63) is 70.4 Å². The number of rotatable bonds is 3. The molecule has 1 aromatic carbocycles. The second kappa shape index (κ2) is 7.33. The van der Waals surface area contributed by atoms with Gasteiger partial charge in [0, 0.05) is 34.4 Å². The van der Waals surface area contributed by atoms with Gasteiger partial charge in [0.25, 0.3) is 0 Å². The van der Waals surface area contributed by atoms with E-state index in [0.29, 0.717) is 0 Å². The molecular weight excluding hydrogens is 256 g/mol. The van der Waals surface area contributed by atoms with Gasteiger partial charge in [0.1, 0.15) is 0 Å². The largest absolute Gasteiger partial charge is 0.362 e. The van der Waals surface area contributed by atoms with Crippen LogP contribution in [0.2, 0.25) is 0 Å². The number of benzene rings is 1. The molecule has 2 heteroatoms. The van der Waals surface area contributed by atoms with Crippen molar-refractivity contribution in [3.8, 4) is 11.8 Å². The molecule has 0 radical (unpaired) electrons. The van der Waals surface area contributed by atoms with Gasteiger partial charge in [0.15, 0.2) is 0 Å². The standard InChI is InChI=1S/C19H20N2/c1-4-7-17(19-12-13-21-15(19)2)11-10-16-8-5-6-9-18(16)14-20-3/h4-9,12-13,20-21H,2,14H2,1,3H3/b7-4-,19-17+. The van der Waals surface area contributed by atoms with Crippen molar-refractivity contribution in [1.29, 1.82) is 0 Å². The van der Waals surface area contributed by atoms with Crippen molar-refractivity contribution in [3.63, 3.8) is 0 Å². The fourth-order valence-corrected chi connectivity index (χ4v) is 2.14. The number of nitrogens with one attached hydrogen (secondary N) is 2. The van der Waals surface area contributed by atoms with E-state index in [-0.39, 0.29) is 0 Å². The predicted octanol–water partition coefficient (Wildman–Crippen LogP) is 1.92. The molecule has 0 aliphatic heterocycles. The molecule has 21 heavy (non-hydrogen) atoms.